The average molecular weight is 529 g/mol. The molecule has 0 bridgehead atoms. The van der Waals surface area contributed by atoms with Gasteiger partial charge in [0.15, 0.2) is 5.43 Å². The molecule has 0 spiro atoms. The normalized spacial score (nSPS) is 15.4. The Hall–Kier alpha value is -2.93. The van der Waals surface area contributed by atoms with E-state index in [-0.39, 0.29) is 42.2 Å². The largest absolute Gasteiger partial charge is 0.497 e. The number of aryl methyl sites for hydroxylation is 1. The highest BCUT2D eigenvalue weighted by Gasteiger charge is 2.38. The summed E-state index contributed by atoms with van der Waals surface area (Å²) in [6, 6.07) is 7.57. The molecule has 0 N–H and O–H groups in total. The monoisotopic (exact) mass is 528 g/mol. The lowest BCUT2D eigenvalue weighted by Gasteiger charge is -2.36. The summed E-state index contributed by atoms with van der Waals surface area (Å²) in [5.41, 5.74) is 2.04. The molecule has 0 radical (unpaired) electrons. The highest BCUT2D eigenvalue weighted by atomic mass is 16.5. The SMILES string of the molecule is CCc1oc([C@@H](C)[C@@H](OCc2ccc(OC)cc2)[C@H](C)[C@@H](OC(=O)CC(C)C)[C@@H](C)C=O)c(C)c(=O)c1C. The van der Waals surface area contributed by atoms with Crippen molar-refractivity contribution in [3.8, 4) is 5.75 Å². The minimum absolute atomic E-state index is 0.0438. The summed E-state index contributed by atoms with van der Waals surface area (Å²) >= 11 is 0. The van der Waals surface area contributed by atoms with E-state index in [0.29, 0.717) is 29.1 Å². The first-order valence-corrected chi connectivity index (χ1v) is 13.5. The number of aldehydes is 1. The van der Waals surface area contributed by atoms with Crippen molar-refractivity contribution < 1.29 is 28.2 Å². The van der Waals surface area contributed by atoms with Gasteiger partial charge in [-0.2, -0.15) is 0 Å². The number of esters is 1. The van der Waals surface area contributed by atoms with E-state index in [4.69, 9.17) is 18.6 Å². The molecule has 0 saturated carbocycles. The molecule has 0 aliphatic carbocycles. The molecule has 1 aromatic heterocycles. The van der Waals surface area contributed by atoms with E-state index in [1.807, 2.05) is 58.9 Å². The van der Waals surface area contributed by atoms with E-state index < -0.39 is 18.1 Å². The standard InChI is InChI=1S/C31H44O7/c1-10-26-20(5)28(34)21(6)31(37-26)23(8)30(36-17-24-11-13-25(35-9)14-12-24)22(7)29(19(4)16-32)38-27(33)15-18(2)3/h11-14,16,18-19,22-23,29-30H,10,15,17H2,1-9H3/t19-,22+,23-,29-,30-/m0/s1. The van der Waals surface area contributed by atoms with Crippen LogP contribution in [0.3, 0.4) is 0 Å². The van der Waals surface area contributed by atoms with Crippen molar-refractivity contribution in [1.29, 1.82) is 0 Å². The van der Waals surface area contributed by atoms with Gasteiger partial charge in [0.2, 0.25) is 0 Å². The number of hydrogen-bond acceptors (Lipinski definition) is 7. The Morgan fingerprint density at radius 2 is 1.63 bits per heavy atom. The fraction of sp³-hybridized carbons (Fsp3) is 0.581. The zero-order valence-electron chi connectivity index (χ0n) is 24.3. The van der Waals surface area contributed by atoms with Crippen molar-refractivity contribution in [2.75, 3.05) is 7.11 Å². The van der Waals surface area contributed by atoms with Gasteiger partial charge in [0.05, 0.1) is 19.8 Å². The second-order valence-electron chi connectivity index (χ2n) is 10.6. The predicted molar refractivity (Wildman–Crippen MR) is 148 cm³/mol. The second kappa shape index (κ2) is 14.3. The first kappa shape index (κ1) is 31.3. The molecule has 1 aromatic carbocycles. The number of carbonyl (C=O) groups is 2. The number of hydrogen-bond donors (Lipinski definition) is 0. The fourth-order valence-electron chi connectivity index (χ4n) is 4.88. The van der Waals surface area contributed by atoms with E-state index in [1.165, 1.54) is 0 Å². The Morgan fingerprint density at radius 1 is 1.00 bits per heavy atom. The minimum atomic E-state index is -0.704. The molecule has 0 aliphatic rings. The lowest BCUT2D eigenvalue weighted by Crippen LogP contribution is -2.42. The molecule has 38 heavy (non-hydrogen) atoms. The highest BCUT2D eigenvalue weighted by Crippen LogP contribution is 2.34. The van der Waals surface area contributed by atoms with Gasteiger partial charge in [-0.15, -0.1) is 0 Å². The Labute approximate surface area is 226 Å². The molecule has 2 aromatic rings. The van der Waals surface area contributed by atoms with Crippen LogP contribution in [0.5, 0.6) is 5.75 Å². The summed E-state index contributed by atoms with van der Waals surface area (Å²) in [4.78, 5) is 37.5. The predicted octanol–water partition coefficient (Wildman–Crippen LogP) is 5.95. The van der Waals surface area contributed by atoms with Gasteiger partial charge in [0, 0.05) is 41.7 Å². The summed E-state index contributed by atoms with van der Waals surface area (Å²) in [5.74, 6) is 0.440. The van der Waals surface area contributed by atoms with Crippen molar-refractivity contribution >= 4 is 12.3 Å². The molecule has 0 fully saturated rings. The molecule has 7 heteroatoms. The summed E-state index contributed by atoms with van der Waals surface area (Å²) in [7, 11) is 1.61. The third-order valence-electron chi connectivity index (χ3n) is 7.14. The van der Waals surface area contributed by atoms with Crippen LogP contribution in [-0.4, -0.2) is 31.6 Å². The molecule has 1 heterocycles. The number of ether oxygens (including phenoxy) is 3. The molecule has 7 nitrogen and oxygen atoms in total. The van der Waals surface area contributed by atoms with Gasteiger partial charge in [0.1, 0.15) is 29.7 Å². The van der Waals surface area contributed by atoms with E-state index in [2.05, 4.69) is 0 Å². The highest BCUT2D eigenvalue weighted by molar-refractivity contribution is 5.70. The van der Waals surface area contributed by atoms with Crippen LogP contribution in [0.2, 0.25) is 0 Å². The van der Waals surface area contributed by atoms with E-state index in [1.54, 1.807) is 27.9 Å². The van der Waals surface area contributed by atoms with Gasteiger partial charge in [-0.05, 0) is 37.5 Å². The van der Waals surface area contributed by atoms with E-state index in [0.717, 1.165) is 17.6 Å². The summed E-state index contributed by atoms with van der Waals surface area (Å²) in [5, 5.41) is 0. The first-order valence-electron chi connectivity index (χ1n) is 13.5. The van der Waals surface area contributed by atoms with Gasteiger partial charge in [0.25, 0.3) is 0 Å². The lowest BCUT2D eigenvalue weighted by molar-refractivity contribution is -0.161. The Bertz CT molecular complexity index is 1120. The van der Waals surface area contributed by atoms with Crippen LogP contribution in [0.4, 0.5) is 0 Å². The summed E-state index contributed by atoms with van der Waals surface area (Å²) < 4.78 is 23.9. The van der Waals surface area contributed by atoms with Crippen LogP contribution in [0.1, 0.15) is 82.1 Å². The lowest BCUT2D eigenvalue weighted by atomic mass is 9.82. The van der Waals surface area contributed by atoms with Gasteiger partial charge in [-0.1, -0.05) is 53.7 Å². The zero-order chi connectivity index (χ0) is 28.6. The molecular weight excluding hydrogens is 484 g/mol. The van der Waals surface area contributed by atoms with Crippen LogP contribution < -0.4 is 10.2 Å². The fourth-order valence-corrected chi connectivity index (χ4v) is 4.88. The number of rotatable bonds is 14. The maximum absolute atomic E-state index is 13.0. The molecule has 0 unspecified atom stereocenters. The van der Waals surface area contributed by atoms with Crippen LogP contribution in [0.15, 0.2) is 33.5 Å². The minimum Gasteiger partial charge on any atom is -0.497 e. The zero-order valence-corrected chi connectivity index (χ0v) is 24.3. The molecule has 210 valence electrons. The molecule has 5 atom stereocenters. The third kappa shape index (κ3) is 7.79. The van der Waals surface area contributed by atoms with E-state index >= 15 is 0 Å². The van der Waals surface area contributed by atoms with Crippen LogP contribution in [0.25, 0.3) is 0 Å². The first-order chi connectivity index (χ1) is 17.9. The third-order valence-corrected chi connectivity index (χ3v) is 7.14. The molecular formula is C31H44O7. The van der Waals surface area contributed by atoms with Gasteiger partial charge in [-0.3, -0.25) is 9.59 Å². The number of carbonyl (C=O) groups excluding carboxylic acids is 2. The summed E-state index contributed by atoms with van der Waals surface area (Å²) in [6.07, 6.45) is 0.427. The van der Waals surface area contributed by atoms with E-state index in [9.17, 15) is 14.4 Å². The van der Waals surface area contributed by atoms with Crippen LogP contribution in [-0.2, 0) is 32.1 Å². The Kier molecular flexibility index (Phi) is 11.8. The Morgan fingerprint density at radius 3 is 2.16 bits per heavy atom. The Balaban J connectivity index is 2.51. The number of methoxy groups -OCH3 is 1. The second-order valence-corrected chi connectivity index (χ2v) is 10.6. The summed E-state index contributed by atoms with van der Waals surface area (Å²) in [6.45, 7) is 15.3. The topological polar surface area (TPSA) is 92.0 Å². The van der Waals surface area contributed by atoms with Crippen LogP contribution in [0, 0.1) is 31.6 Å². The van der Waals surface area contributed by atoms with Gasteiger partial charge < -0.3 is 23.4 Å². The molecule has 0 amide bonds. The maximum Gasteiger partial charge on any atom is 0.306 e. The molecule has 0 saturated heterocycles. The van der Waals surface area contributed by atoms with Gasteiger partial charge >= 0.3 is 5.97 Å². The maximum atomic E-state index is 13.0. The van der Waals surface area contributed by atoms with Gasteiger partial charge in [-0.25, -0.2) is 0 Å². The molecule has 2 rings (SSSR count). The number of benzene rings is 1. The van der Waals surface area contributed by atoms with Crippen molar-refractivity contribution in [2.45, 2.75) is 93.0 Å². The average Bonchev–Trinajstić information content (AvgIpc) is 2.89. The van der Waals surface area contributed by atoms with Crippen molar-refractivity contribution in [1.82, 2.24) is 0 Å². The smallest absolute Gasteiger partial charge is 0.306 e. The van der Waals surface area contributed by atoms with Crippen molar-refractivity contribution in [2.24, 2.45) is 17.8 Å². The quantitative estimate of drug-likeness (QED) is 0.221. The van der Waals surface area contributed by atoms with Crippen molar-refractivity contribution in [3.63, 3.8) is 0 Å². The van der Waals surface area contributed by atoms with Crippen molar-refractivity contribution in [3.05, 3.63) is 62.7 Å². The molecule has 0 aliphatic heterocycles. The van der Waals surface area contributed by atoms with Crippen LogP contribution >= 0.6 is 0 Å².